The van der Waals surface area contributed by atoms with Gasteiger partial charge in [-0.05, 0) is 43.0 Å². The Morgan fingerprint density at radius 2 is 1.75 bits per heavy atom. The van der Waals surface area contributed by atoms with Crippen molar-refractivity contribution in [3.8, 4) is 0 Å². The van der Waals surface area contributed by atoms with E-state index < -0.39 is 0 Å². The van der Waals surface area contributed by atoms with Gasteiger partial charge in [0, 0.05) is 17.5 Å². The van der Waals surface area contributed by atoms with Crippen molar-refractivity contribution in [2.45, 2.75) is 32.6 Å². The Kier molecular flexibility index (Phi) is 5.27. The van der Waals surface area contributed by atoms with Crippen molar-refractivity contribution in [3.63, 3.8) is 0 Å². The summed E-state index contributed by atoms with van der Waals surface area (Å²) in [7, 11) is 0. The Balaban J connectivity index is 1.94. The molecule has 0 fully saturated rings. The molecule has 0 spiro atoms. The van der Waals surface area contributed by atoms with Crippen molar-refractivity contribution in [1.29, 1.82) is 0 Å². The number of rotatable bonds is 5. The van der Waals surface area contributed by atoms with Crippen LogP contribution in [0.1, 0.15) is 33.9 Å². The molecule has 20 heavy (non-hydrogen) atoms. The van der Waals surface area contributed by atoms with Crippen LogP contribution in [0.15, 0.2) is 42.5 Å². The lowest BCUT2D eigenvalue weighted by Gasteiger charge is -2.15. The van der Waals surface area contributed by atoms with Gasteiger partial charge in [-0.1, -0.05) is 48.0 Å². The largest absolute Gasteiger partial charge is 0.323 e. The summed E-state index contributed by atoms with van der Waals surface area (Å²) in [4.78, 5) is 0. The fourth-order valence-corrected chi connectivity index (χ4v) is 3.41. The summed E-state index contributed by atoms with van der Waals surface area (Å²) < 4.78 is 0. The first-order valence-electron chi connectivity index (χ1n) is 7.03. The van der Waals surface area contributed by atoms with Gasteiger partial charge in [0.25, 0.3) is 0 Å². The molecule has 106 valence electrons. The molecule has 1 nitrogen and oxygen atoms in total. The van der Waals surface area contributed by atoms with Crippen LogP contribution >= 0.6 is 11.8 Å². The van der Waals surface area contributed by atoms with Gasteiger partial charge in [-0.2, -0.15) is 11.8 Å². The molecule has 0 saturated heterocycles. The first-order chi connectivity index (χ1) is 9.58. The molecule has 2 heteroatoms. The first kappa shape index (κ1) is 15.1. The molecule has 0 aliphatic carbocycles. The lowest BCUT2D eigenvalue weighted by molar-refractivity contribution is 0.821. The Morgan fingerprint density at radius 3 is 2.50 bits per heavy atom. The van der Waals surface area contributed by atoms with E-state index in [9.17, 15) is 0 Å². The summed E-state index contributed by atoms with van der Waals surface area (Å²) in [5.41, 5.74) is 13.0. The number of hydrogen-bond donors (Lipinski definition) is 1. The van der Waals surface area contributed by atoms with Crippen LogP contribution in [0.4, 0.5) is 0 Å². The van der Waals surface area contributed by atoms with Gasteiger partial charge in [0.15, 0.2) is 0 Å². The van der Waals surface area contributed by atoms with Crippen molar-refractivity contribution in [2.75, 3.05) is 5.75 Å². The molecule has 0 saturated carbocycles. The second-order valence-electron chi connectivity index (χ2n) is 5.41. The zero-order chi connectivity index (χ0) is 14.5. The zero-order valence-electron chi connectivity index (χ0n) is 12.5. The number of thioether (sulfide) groups is 1. The van der Waals surface area contributed by atoms with Gasteiger partial charge in [0.2, 0.25) is 0 Å². The molecule has 0 aromatic heterocycles. The lowest BCUT2D eigenvalue weighted by atomic mass is 10.0. The monoisotopic (exact) mass is 285 g/mol. The minimum atomic E-state index is 0.115. The molecule has 1 atom stereocenters. The molecular weight excluding hydrogens is 262 g/mol. The lowest BCUT2D eigenvalue weighted by Crippen LogP contribution is -2.14. The highest BCUT2D eigenvalue weighted by Gasteiger charge is 2.09. The molecule has 0 aliphatic rings. The zero-order valence-corrected chi connectivity index (χ0v) is 13.3. The molecule has 2 N–H and O–H groups in total. The van der Waals surface area contributed by atoms with E-state index in [2.05, 4.69) is 63.2 Å². The highest BCUT2D eigenvalue weighted by atomic mass is 32.2. The van der Waals surface area contributed by atoms with E-state index in [-0.39, 0.29) is 6.04 Å². The molecule has 2 rings (SSSR count). The van der Waals surface area contributed by atoms with Crippen LogP contribution in [0.3, 0.4) is 0 Å². The predicted molar refractivity (Wildman–Crippen MR) is 90.2 cm³/mol. The van der Waals surface area contributed by atoms with Gasteiger partial charge in [0.1, 0.15) is 0 Å². The van der Waals surface area contributed by atoms with Crippen LogP contribution in [0.25, 0.3) is 0 Å². The summed E-state index contributed by atoms with van der Waals surface area (Å²) in [6.45, 7) is 6.43. The number of hydrogen-bond acceptors (Lipinski definition) is 2. The van der Waals surface area contributed by atoms with Crippen molar-refractivity contribution < 1.29 is 0 Å². The molecular formula is C18H23NS. The normalized spacial score (nSPS) is 12.4. The summed E-state index contributed by atoms with van der Waals surface area (Å²) in [5.74, 6) is 1.99. The van der Waals surface area contributed by atoms with Crippen molar-refractivity contribution in [1.82, 2.24) is 0 Å². The third-order valence-corrected chi connectivity index (χ3v) is 4.76. The number of benzene rings is 2. The fraction of sp³-hybridized carbons (Fsp3) is 0.333. The molecule has 2 aromatic rings. The van der Waals surface area contributed by atoms with E-state index >= 15 is 0 Å². The molecule has 0 radical (unpaired) electrons. The summed E-state index contributed by atoms with van der Waals surface area (Å²) in [5, 5.41) is 0. The van der Waals surface area contributed by atoms with E-state index in [1.165, 1.54) is 27.8 Å². The van der Waals surface area contributed by atoms with Gasteiger partial charge in [-0.3, -0.25) is 0 Å². The highest BCUT2D eigenvalue weighted by Crippen LogP contribution is 2.23. The molecule has 1 unspecified atom stereocenters. The summed E-state index contributed by atoms with van der Waals surface area (Å²) >= 11 is 1.91. The minimum absolute atomic E-state index is 0.115. The Labute approximate surface area is 126 Å². The molecule has 2 aromatic carbocycles. The average Bonchev–Trinajstić information content (AvgIpc) is 2.43. The van der Waals surface area contributed by atoms with E-state index in [1.54, 1.807) is 0 Å². The van der Waals surface area contributed by atoms with Crippen LogP contribution < -0.4 is 5.73 Å². The molecule has 0 amide bonds. The second kappa shape index (κ2) is 6.96. The van der Waals surface area contributed by atoms with E-state index in [4.69, 9.17) is 5.73 Å². The van der Waals surface area contributed by atoms with Crippen molar-refractivity contribution >= 4 is 11.8 Å². The first-order valence-corrected chi connectivity index (χ1v) is 8.18. The van der Waals surface area contributed by atoms with Crippen LogP contribution in [0.5, 0.6) is 0 Å². The maximum absolute atomic E-state index is 6.35. The van der Waals surface area contributed by atoms with Crippen LogP contribution in [-0.4, -0.2) is 5.75 Å². The predicted octanol–water partition coefficient (Wildman–Crippen LogP) is 4.55. The summed E-state index contributed by atoms with van der Waals surface area (Å²) in [6.07, 6.45) is 0. The maximum atomic E-state index is 6.35. The van der Waals surface area contributed by atoms with E-state index in [0.717, 1.165) is 11.5 Å². The maximum Gasteiger partial charge on any atom is 0.0389 e. The van der Waals surface area contributed by atoms with E-state index in [0.29, 0.717) is 0 Å². The van der Waals surface area contributed by atoms with Gasteiger partial charge < -0.3 is 5.73 Å². The highest BCUT2D eigenvalue weighted by molar-refractivity contribution is 7.98. The van der Waals surface area contributed by atoms with E-state index in [1.807, 2.05) is 11.8 Å². The van der Waals surface area contributed by atoms with Crippen LogP contribution in [-0.2, 0) is 5.75 Å². The Bertz CT molecular complexity index is 577. The Morgan fingerprint density at radius 1 is 1.00 bits per heavy atom. The Hall–Kier alpha value is -1.25. The summed E-state index contributed by atoms with van der Waals surface area (Å²) in [6, 6.07) is 15.2. The smallest absolute Gasteiger partial charge is 0.0389 e. The quantitative estimate of drug-likeness (QED) is 0.872. The SMILES string of the molecule is Cc1ccc(C)c(C(N)CSCc2ccccc2C)c1. The third kappa shape index (κ3) is 3.87. The van der Waals surface area contributed by atoms with Gasteiger partial charge >= 0.3 is 0 Å². The van der Waals surface area contributed by atoms with Gasteiger partial charge in [0.05, 0.1) is 0 Å². The topological polar surface area (TPSA) is 26.0 Å². The molecule has 0 aliphatic heterocycles. The molecule has 0 heterocycles. The third-order valence-electron chi connectivity index (χ3n) is 3.65. The number of nitrogens with two attached hydrogens (primary N) is 1. The van der Waals surface area contributed by atoms with Gasteiger partial charge in [-0.15, -0.1) is 0 Å². The standard InChI is InChI=1S/C18H23NS/c1-13-8-9-15(3)17(10-13)18(19)12-20-11-16-7-5-4-6-14(16)2/h4-10,18H,11-12,19H2,1-3H3. The van der Waals surface area contributed by atoms with Gasteiger partial charge in [-0.25, -0.2) is 0 Å². The van der Waals surface area contributed by atoms with Crippen molar-refractivity contribution in [3.05, 3.63) is 70.3 Å². The fourth-order valence-electron chi connectivity index (χ4n) is 2.32. The molecule has 0 bridgehead atoms. The average molecular weight is 285 g/mol. The number of aryl methyl sites for hydroxylation is 3. The van der Waals surface area contributed by atoms with Crippen molar-refractivity contribution in [2.24, 2.45) is 5.73 Å². The van der Waals surface area contributed by atoms with Crippen LogP contribution in [0.2, 0.25) is 0 Å². The van der Waals surface area contributed by atoms with Crippen LogP contribution in [0, 0.1) is 20.8 Å². The minimum Gasteiger partial charge on any atom is -0.323 e. The second-order valence-corrected chi connectivity index (χ2v) is 6.44.